The van der Waals surface area contributed by atoms with Crippen LogP contribution in [-0.2, 0) is 0 Å². The molecule has 2 aromatic heterocycles. The summed E-state index contributed by atoms with van der Waals surface area (Å²) in [5.74, 6) is 1.87. The molecule has 0 saturated carbocycles. The van der Waals surface area contributed by atoms with Gasteiger partial charge in [0, 0.05) is 28.5 Å². The Bertz CT molecular complexity index is 2570. The van der Waals surface area contributed by atoms with E-state index >= 15 is 0 Å². The lowest BCUT2D eigenvalue weighted by Crippen LogP contribution is -2.00. The Labute approximate surface area is 352 Å². The van der Waals surface area contributed by atoms with Gasteiger partial charge in [0.2, 0.25) is 0 Å². The fraction of sp³-hybridized carbons (Fsp3) is 0.164. The number of aromatic nitrogens is 4. The van der Waals surface area contributed by atoms with Crippen molar-refractivity contribution in [3.8, 4) is 67.7 Å². The zero-order valence-corrected chi connectivity index (χ0v) is 36.1. The summed E-state index contributed by atoms with van der Waals surface area (Å²) in [4.78, 5) is 19.7. The van der Waals surface area contributed by atoms with E-state index < -0.39 is 0 Å². The molecule has 0 atom stereocenters. The van der Waals surface area contributed by atoms with Gasteiger partial charge in [0.25, 0.3) is 0 Å². The molecule has 4 nitrogen and oxygen atoms in total. The number of hydrogen-bond acceptors (Lipinski definition) is 4. The second kappa shape index (κ2) is 21.1. The molecule has 0 bridgehead atoms. The normalized spacial score (nSPS) is 10.5. The van der Waals surface area contributed by atoms with Crippen LogP contribution in [0.1, 0.15) is 70.7 Å². The molecule has 8 rings (SSSR count). The van der Waals surface area contributed by atoms with Crippen LogP contribution >= 0.6 is 0 Å². The lowest BCUT2D eigenvalue weighted by Gasteiger charge is -2.17. The van der Waals surface area contributed by atoms with Crippen LogP contribution in [0, 0.1) is 13.8 Å². The quantitative estimate of drug-likeness (QED) is 0.154. The van der Waals surface area contributed by atoms with E-state index in [4.69, 9.17) is 15.0 Å². The van der Waals surface area contributed by atoms with Gasteiger partial charge in [-0.2, -0.15) is 0 Å². The molecule has 0 aliphatic heterocycles. The van der Waals surface area contributed by atoms with E-state index in [1.807, 2.05) is 133 Å². The maximum atomic E-state index is 5.10. The second-order valence-corrected chi connectivity index (χ2v) is 13.2. The number of allylic oxidation sites excluding steroid dienone is 1. The van der Waals surface area contributed by atoms with E-state index in [0.29, 0.717) is 17.5 Å². The molecule has 4 heteroatoms. The topological polar surface area (TPSA) is 51.6 Å². The molecule has 6 aromatic carbocycles. The molecule has 0 fully saturated rings. The maximum Gasteiger partial charge on any atom is 0.164 e. The van der Waals surface area contributed by atoms with Crippen LogP contribution in [0.2, 0.25) is 0 Å². The van der Waals surface area contributed by atoms with Crippen LogP contribution in [0.25, 0.3) is 90.6 Å². The first-order valence-corrected chi connectivity index (χ1v) is 20.9. The molecular weight excluding hydrogens is 717 g/mol. The first-order chi connectivity index (χ1) is 29.0. The minimum atomic E-state index is 0.613. The number of hydrogen-bond donors (Lipinski definition) is 0. The highest BCUT2D eigenvalue weighted by Gasteiger charge is 2.17. The molecule has 0 aliphatic rings. The van der Waals surface area contributed by atoms with E-state index in [2.05, 4.69) is 105 Å². The Kier molecular flexibility index (Phi) is 15.5. The van der Waals surface area contributed by atoms with Gasteiger partial charge in [-0.1, -0.05) is 169 Å². The minimum Gasteiger partial charge on any atom is -0.256 e. The summed E-state index contributed by atoms with van der Waals surface area (Å²) in [7, 11) is 0. The zero-order valence-electron chi connectivity index (χ0n) is 36.1. The van der Waals surface area contributed by atoms with E-state index in [1.165, 1.54) is 33.0 Å². The summed E-state index contributed by atoms with van der Waals surface area (Å²) in [5.41, 5.74) is 14.0. The average Bonchev–Trinajstić information content (AvgIpc) is 3.33. The first kappa shape index (κ1) is 43.3. The van der Waals surface area contributed by atoms with Gasteiger partial charge in [0.15, 0.2) is 17.5 Å². The Morgan fingerprint density at radius 2 is 0.898 bits per heavy atom. The van der Waals surface area contributed by atoms with Crippen LogP contribution in [0.4, 0.5) is 0 Å². The third-order valence-electron chi connectivity index (χ3n) is 9.91. The molecule has 0 N–H and O–H groups in total. The smallest absolute Gasteiger partial charge is 0.164 e. The van der Waals surface area contributed by atoms with E-state index in [0.717, 1.165) is 50.2 Å². The largest absolute Gasteiger partial charge is 0.256 e. The lowest BCUT2D eigenvalue weighted by molar-refractivity contribution is 1.07. The molecule has 0 saturated heterocycles. The molecule has 0 spiro atoms. The van der Waals surface area contributed by atoms with Crippen LogP contribution in [-0.4, -0.2) is 19.9 Å². The van der Waals surface area contributed by atoms with Gasteiger partial charge in [0.05, 0.1) is 5.69 Å². The first-order valence-electron chi connectivity index (χ1n) is 20.9. The third kappa shape index (κ3) is 9.68. The highest BCUT2D eigenvalue weighted by Crippen LogP contribution is 2.38. The Morgan fingerprint density at radius 3 is 1.42 bits per heavy atom. The van der Waals surface area contributed by atoms with E-state index in [9.17, 15) is 0 Å². The SMILES string of the molecule is C=Cc1c(C)c(C)c(/C=C\C)c2cc(-c3cc(-c4ccc(-c5ccccn5)cc4)cc(-c4nc(-c5ccccc5)nc(-c5ccccc5)n4)c3)ccc12.CC.CC.CC. The Balaban J connectivity index is 0.00000106. The predicted octanol–water partition coefficient (Wildman–Crippen LogP) is 15.8. The van der Waals surface area contributed by atoms with Crippen LogP contribution in [0.15, 0.2) is 158 Å². The van der Waals surface area contributed by atoms with Gasteiger partial charge < -0.3 is 0 Å². The van der Waals surface area contributed by atoms with Gasteiger partial charge in [-0.3, -0.25) is 4.98 Å². The van der Waals surface area contributed by atoms with Gasteiger partial charge in [-0.15, -0.1) is 0 Å². The summed E-state index contributed by atoms with van der Waals surface area (Å²) < 4.78 is 0. The van der Waals surface area contributed by atoms with Crippen molar-refractivity contribution < 1.29 is 0 Å². The number of pyridine rings is 1. The fourth-order valence-corrected chi connectivity index (χ4v) is 7.03. The highest BCUT2D eigenvalue weighted by molar-refractivity contribution is 6.01. The van der Waals surface area contributed by atoms with Crippen LogP contribution in [0.5, 0.6) is 0 Å². The summed E-state index contributed by atoms with van der Waals surface area (Å²) >= 11 is 0. The summed E-state index contributed by atoms with van der Waals surface area (Å²) in [6, 6.07) is 48.2. The highest BCUT2D eigenvalue weighted by atomic mass is 15.0. The molecule has 8 aromatic rings. The van der Waals surface area contributed by atoms with Crippen molar-refractivity contribution in [2.45, 2.75) is 62.3 Å². The monoisotopic (exact) mass is 772 g/mol. The number of benzene rings is 6. The minimum absolute atomic E-state index is 0.613. The Morgan fingerprint density at radius 1 is 0.424 bits per heavy atom. The van der Waals surface area contributed by atoms with Crippen molar-refractivity contribution in [1.29, 1.82) is 0 Å². The molecule has 0 aliphatic carbocycles. The molecule has 0 radical (unpaired) electrons. The summed E-state index contributed by atoms with van der Waals surface area (Å²) in [6.45, 7) is 22.6. The summed E-state index contributed by atoms with van der Waals surface area (Å²) in [6.07, 6.45) is 8.14. The van der Waals surface area contributed by atoms with Crippen molar-refractivity contribution in [3.63, 3.8) is 0 Å². The number of rotatable bonds is 8. The van der Waals surface area contributed by atoms with Crippen LogP contribution in [0.3, 0.4) is 0 Å². The number of fused-ring (bicyclic) bond motifs is 1. The van der Waals surface area contributed by atoms with Gasteiger partial charge in [-0.05, 0) is 112 Å². The second-order valence-electron chi connectivity index (χ2n) is 13.2. The van der Waals surface area contributed by atoms with Gasteiger partial charge in [-0.25, -0.2) is 15.0 Å². The molecule has 0 amide bonds. The maximum absolute atomic E-state index is 5.10. The van der Waals surface area contributed by atoms with E-state index in [-0.39, 0.29) is 0 Å². The fourth-order valence-electron chi connectivity index (χ4n) is 7.03. The number of nitrogens with zero attached hydrogens (tertiary/aromatic N) is 4. The Hall–Kier alpha value is -6.78. The zero-order chi connectivity index (χ0) is 42.3. The van der Waals surface area contributed by atoms with E-state index in [1.54, 1.807) is 0 Å². The standard InChI is InChI=1S/C49H38N4.3C2H6/c1-5-15-43-33(4)32(3)42(6-2)44-26-25-38(31-45(43)44)40-28-39(34-21-23-35(24-22-34)46-20-13-14-27-50-46)29-41(30-40)49-52-47(36-16-9-7-10-17-36)51-48(53-49)37-18-11-8-12-19-37;3*1-2/h5-31H,2H2,1,3-4H3;3*1-2H3/b15-5-;;;. The van der Waals surface area contributed by atoms with Crippen molar-refractivity contribution in [1.82, 2.24) is 19.9 Å². The van der Waals surface area contributed by atoms with Crippen molar-refractivity contribution in [2.75, 3.05) is 0 Å². The molecule has 296 valence electrons. The van der Waals surface area contributed by atoms with Crippen LogP contribution < -0.4 is 0 Å². The molecular formula is C55H56N4. The van der Waals surface area contributed by atoms with Gasteiger partial charge >= 0.3 is 0 Å². The molecule has 2 heterocycles. The predicted molar refractivity (Wildman–Crippen MR) is 256 cm³/mol. The lowest BCUT2D eigenvalue weighted by atomic mass is 9.87. The van der Waals surface area contributed by atoms with Crippen molar-refractivity contribution in [3.05, 3.63) is 181 Å². The molecule has 0 unspecified atom stereocenters. The third-order valence-corrected chi connectivity index (χ3v) is 9.91. The summed E-state index contributed by atoms with van der Waals surface area (Å²) in [5, 5.41) is 2.39. The van der Waals surface area contributed by atoms with Crippen molar-refractivity contribution in [2.24, 2.45) is 0 Å². The van der Waals surface area contributed by atoms with Crippen molar-refractivity contribution >= 4 is 22.9 Å². The molecule has 59 heavy (non-hydrogen) atoms. The average molecular weight is 773 g/mol. The van der Waals surface area contributed by atoms with Gasteiger partial charge in [0.1, 0.15) is 0 Å².